The van der Waals surface area contributed by atoms with Crippen LogP contribution in [0.15, 0.2) is 65.2 Å². The molecule has 0 atom stereocenters. The van der Waals surface area contributed by atoms with Gasteiger partial charge in [-0.25, -0.2) is 4.39 Å². The number of carbonyl (C=O) groups excluding carboxylic acids is 1. The predicted octanol–water partition coefficient (Wildman–Crippen LogP) is 5.71. The van der Waals surface area contributed by atoms with Crippen molar-refractivity contribution >= 4 is 40.6 Å². The normalized spacial score (nSPS) is 10.8. The Morgan fingerprint density at radius 1 is 1.15 bits per heavy atom. The fourth-order valence-corrected chi connectivity index (χ4v) is 3.38. The molecule has 9 nitrogen and oxygen atoms in total. The van der Waals surface area contributed by atoms with Crippen molar-refractivity contribution in [3.63, 3.8) is 0 Å². The molecule has 0 radical (unpaired) electrons. The van der Waals surface area contributed by atoms with Gasteiger partial charge >= 0.3 is 0 Å². The van der Waals surface area contributed by atoms with Crippen LogP contribution in [0.25, 0.3) is 0 Å². The first-order valence-corrected chi connectivity index (χ1v) is 10.5. The van der Waals surface area contributed by atoms with Gasteiger partial charge in [-0.05, 0) is 35.9 Å². The van der Waals surface area contributed by atoms with Gasteiger partial charge < -0.3 is 14.5 Å². The molecule has 0 saturated carbocycles. The molecule has 2 aromatic heterocycles. The van der Waals surface area contributed by atoms with Crippen LogP contribution in [0.4, 0.5) is 15.9 Å². The van der Waals surface area contributed by atoms with Crippen LogP contribution in [0.1, 0.15) is 21.9 Å². The second-order valence-corrected chi connectivity index (χ2v) is 7.84. The Labute approximate surface area is 201 Å². The Bertz CT molecular complexity index is 1350. The summed E-state index contributed by atoms with van der Waals surface area (Å²) >= 11 is 12.2. The number of aromatic nitrogens is 2. The number of amides is 1. The van der Waals surface area contributed by atoms with Crippen LogP contribution in [0.2, 0.25) is 10.0 Å². The van der Waals surface area contributed by atoms with Crippen molar-refractivity contribution in [2.75, 3.05) is 5.32 Å². The van der Waals surface area contributed by atoms with E-state index in [1.165, 1.54) is 47.3 Å². The molecule has 0 spiro atoms. The minimum Gasteiger partial charge on any atom is -0.484 e. The second-order valence-electron chi connectivity index (χ2n) is 7.03. The number of nitro groups is 1. The first-order valence-electron chi connectivity index (χ1n) is 9.72. The van der Waals surface area contributed by atoms with Gasteiger partial charge in [-0.3, -0.25) is 19.6 Å². The highest BCUT2D eigenvalue weighted by Gasteiger charge is 2.17. The van der Waals surface area contributed by atoms with E-state index < -0.39 is 10.8 Å². The lowest BCUT2D eigenvalue weighted by atomic mass is 10.2. The topological polar surface area (TPSA) is 112 Å². The van der Waals surface area contributed by atoms with Crippen molar-refractivity contribution in [1.29, 1.82) is 0 Å². The number of furan rings is 1. The molecule has 0 bridgehead atoms. The molecule has 12 heteroatoms. The van der Waals surface area contributed by atoms with Crippen LogP contribution in [0.5, 0.6) is 5.75 Å². The Balaban J connectivity index is 1.37. The van der Waals surface area contributed by atoms with Gasteiger partial charge in [-0.1, -0.05) is 35.3 Å². The van der Waals surface area contributed by atoms with E-state index in [2.05, 4.69) is 10.4 Å². The summed E-state index contributed by atoms with van der Waals surface area (Å²) in [5.74, 6) is -0.221. The molecule has 1 N–H and O–H groups in total. The minimum atomic E-state index is -0.575. The molecule has 4 rings (SSSR count). The van der Waals surface area contributed by atoms with E-state index in [4.69, 9.17) is 32.4 Å². The number of benzene rings is 2. The maximum atomic E-state index is 13.1. The molecule has 2 aromatic carbocycles. The molecule has 174 valence electrons. The molecule has 0 aliphatic rings. The highest BCUT2D eigenvalue weighted by molar-refractivity contribution is 6.33. The van der Waals surface area contributed by atoms with E-state index >= 15 is 0 Å². The lowest BCUT2D eigenvalue weighted by Crippen LogP contribution is -2.12. The number of ether oxygens (including phenoxy) is 1. The number of halogens is 3. The lowest BCUT2D eigenvalue weighted by molar-refractivity contribution is -0.384. The minimum absolute atomic E-state index is 0.00227. The zero-order valence-corrected chi connectivity index (χ0v) is 18.7. The first kappa shape index (κ1) is 23.3. The van der Waals surface area contributed by atoms with E-state index in [1.807, 2.05) is 0 Å². The zero-order valence-electron chi connectivity index (χ0n) is 17.2. The quantitative estimate of drug-likeness (QED) is 0.243. The molecule has 0 aliphatic carbocycles. The molecular formula is C22H15Cl2FN4O5. The van der Waals surface area contributed by atoms with E-state index in [0.29, 0.717) is 12.3 Å². The third-order valence-electron chi connectivity index (χ3n) is 4.59. The van der Waals surface area contributed by atoms with Gasteiger partial charge in [0.15, 0.2) is 11.6 Å². The molecule has 4 aromatic rings. The first-order chi connectivity index (χ1) is 16.3. The lowest BCUT2D eigenvalue weighted by Gasteiger charge is -2.06. The summed E-state index contributed by atoms with van der Waals surface area (Å²) in [6.45, 7) is 0.279. The predicted molar refractivity (Wildman–Crippen MR) is 122 cm³/mol. The fourth-order valence-electron chi connectivity index (χ4n) is 2.96. The summed E-state index contributed by atoms with van der Waals surface area (Å²) in [5, 5.41) is 17.9. The number of nitrogens with one attached hydrogen (secondary N) is 1. The van der Waals surface area contributed by atoms with Gasteiger partial charge in [0.05, 0.1) is 16.5 Å². The maximum absolute atomic E-state index is 13.1. The Kier molecular flexibility index (Phi) is 6.80. The van der Waals surface area contributed by atoms with Crippen LogP contribution in [-0.4, -0.2) is 20.6 Å². The summed E-state index contributed by atoms with van der Waals surface area (Å²) in [6.07, 6.45) is 1.54. The highest BCUT2D eigenvalue weighted by Crippen LogP contribution is 2.29. The van der Waals surface area contributed by atoms with E-state index in [9.17, 15) is 19.3 Å². The van der Waals surface area contributed by atoms with Gasteiger partial charge in [0, 0.05) is 18.3 Å². The molecule has 2 heterocycles. The number of nitro benzene ring substituents is 1. The van der Waals surface area contributed by atoms with Crippen LogP contribution < -0.4 is 10.1 Å². The number of anilines is 1. The summed E-state index contributed by atoms with van der Waals surface area (Å²) in [7, 11) is 0. The largest absolute Gasteiger partial charge is 0.484 e. The number of carbonyl (C=O) groups is 1. The van der Waals surface area contributed by atoms with Gasteiger partial charge in [0.1, 0.15) is 29.0 Å². The average Bonchev–Trinajstić information content (AvgIpc) is 3.41. The van der Waals surface area contributed by atoms with Crippen molar-refractivity contribution in [2.45, 2.75) is 13.2 Å². The van der Waals surface area contributed by atoms with Gasteiger partial charge in [-0.2, -0.15) is 5.10 Å². The summed E-state index contributed by atoms with van der Waals surface area (Å²) < 4.78 is 25.6. The van der Waals surface area contributed by atoms with Crippen LogP contribution in [0, 0.1) is 15.9 Å². The Morgan fingerprint density at radius 3 is 2.62 bits per heavy atom. The zero-order chi connectivity index (χ0) is 24.2. The Morgan fingerprint density at radius 2 is 1.91 bits per heavy atom. The summed E-state index contributed by atoms with van der Waals surface area (Å²) in [5.41, 5.74) is 0.648. The SMILES string of the molecule is O=C(Nc1nn(Cc2ccc(F)cc2)cc1Cl)c1ccc(COc2ccc([N+](=O)[O-])cc2Cl)o1. The summed E-state index contributed by atoms with van der Waals surface area (Å²) in [4.78, 5) is 22.8. The van der Waals surface area contributed by atoms with Crippen molar-refractivity contribution in [3.8, 4) is 5.75 Å². The van der Waals surface area contributed by atoms with Crippen molar-refractivity contribution < 1.29 is 23.3 Å². The Hall–Kier alpha value is -3.89. The molecule has 0 unspecified atom stereocenters. The second kappa shape index (κ2) is 9.94. The smallest absolute Gasteiger partial charge is 0.292 e. The molecule has 0 aliphatic heterocycles. The molecule has 34 heavy (non-hydrogen) atoms. The molecule has 0 fully saturated rings. The van der Waals surface area contributed by atoms with Crippen LogP contribution >= 0.6 is 23.2 Å². The maximum Gasteiger partial charge on any atom is 0.292 e. The van der Waals surface area contributed by atoms with Crippen LogP contribution in [0.3, 0.4) is 0 Å². The standard InChI is InChI=1S/C22H15Cl2FN4O5/c23-17-9-15(29(31)32)5-7-19(17)33-12-16-6-8-20(34-16)22(30)26-21-18(24)11-28(27-21)10-13-1-3-14(25)4-2-13/h1-9,11H,10,12H2,(H,26,27,30). The van der Waals surface area contributed by atoms with Crippen molar-refractivity contribution in [1.82, 2.24) is 9.78 Å². The number of hydrogen-bond acceptors (Lipinski definition) is 6. The highest BCUT2D eigenvalue weighted by atomic mass is 35.5. The van der Waals surface area contributed by atoms with Crippen molar-refractivity contribution in [2.24, 2.45) is 0 Å². The third kappa shape index (κ3) is 5.53. The molecular weight excluding hydrogens is 490 g/mol. The third-order valence-corrected chi connectivity index (χ3v) is 5.16. The number of rotatable bonds is 8. The number of nitrogens with zero attached hydrogens (tertiary/aromatic N) is 3. The van der Waals surface area contributed by atoms with E-state index in [1.54, 1.807) is 18.2 Å². The number of hydrogen-bond donors (Lipinski definition) is 1. The van der Waals surface area contributed by atoms with E-state index in [-0.39, 0.29) is 45.5 Å². The van der Waals surface area contributed by atoms with Crippen LogP contribution in [-0.2, 0) is 13.2 Å². The van der Waals surface area contributed by atoms with Gasteiger partial charge in [-0.15, -0.1) is 0 Å². The average molecular weight is 505 g/mol. The van der Waals surface area contributed by atoms with Gasteiger partial charge in [0.2, 0.25) is 0 Å². The van der Waals surface area contributed by atoms with Gasteiger partial charge in [0.25, 0.3) is 11.6 Å². The molecule has 1 amide bonds. The summed E-state index contributed by atoms with van der Waals surface area (Å²) in [6, 6.07) is 12.8. The molecule has 0 saturated heterocycles. The fraction of sp³-hybridized carbons (Fsp3) is 0.0909. The number of non-ortho nitro benzene ring substituents is 1. The monoisotopic (exact) mass is 504 g/mol. The van der Waals surface area contributed by atoms with Crippen molar-refractivity contribution in [3.05, 3.63) is 104 Å². The van der Waals surface area contributed by atoms with E-state index in [0.717, 1.165) is 5.56 Å².